The SMILES string of the molecule is Cn1c(-c2ccsc2)c(-c2ccsc2)oc1=O. The van der Waals surface area contributed by atoms with Gasteiger partial charge in [0.15, 0.2) is 5.76 Å². The third kappa shape index (κ3) is 1.67. The lowest BCUT2D eigenvalue weighted by Crippen LogP contribution is -2.09. The van der Waals surface area contributed by atoms with E-state index < -0.39 is 0 Å². The Morgan fingerprint density at radius 3 is 2.35 bits per heavy atom. The Morgan fingerprint density at radius 2 is 1.76 bits per heavy atom. The number of nitrogens with zero attached hydrogens (tertiary/aromatic N) is 1. The van der Waals surface area contributed by atoms with Gasteiger partial charge < -0.3 is 4.42 Å². The third-order valence-corrected chi connectivity index (χ3v) is 3.96. The smallest absolute Gasteiger partial charge is 0.407 e. The fraction of sp³-hybridized carbons (Fsp3) is 0.0833. The molecule has 0 aliphatic rings. The average Bonchev–Trinajstić information content (AvgIpc) is 3.01. The molecule has 3 aromatic rings. The van der Waals surface area contributed by atoms with E-state index in [9.17, 15) is 4.79 Å². The van der Waals surface area contributed by atoms with Crippen LogP contribution in [0.25, 0.3) is 22.6 Å². The lowest BCUT2D eigenvalue weighted by molar-refractivity contribution is 0.506. The van der Waals surface area contributed by atoms with Gasteiger partial charge in [-0.05, 0) is 22.9 Å². The molecule has 0 aromatic carbocycles. The van der Waals surface area contributed by atoms with Crippen molar-refractivity contribution in [1.29, 1.82) is 0 Å². The van der Waals surface area contributed by atoms with Crippen molar-refractivity contribution in [2.45, 2.75) is 0 Å². The molecule has 3 nitrogen and oxygen atoms in total. The van der Waals surface area contributed by atoms with Crippen LogP contribution in [0.2, 0.25) is 0 Å². The molecule has 0 unspecified atom stereocenters. The second-order valence-electron chi connectivity index (χ2n) is 3.63. The number of aromatic nitrogens is 1. The first-order chi connectivity index (χ1) is 8.27. The van der Waals surface area contributed by atoms with Crippen molar-refractivity contribution in [3.05, 3.63) is 44.2 Å². The predicted molar refractivity (Wildman–Crippen MR) is 70.6 cm³/mol. The molecule has 0 spiro atoms. The minimum Gasteiger partial charge on any atom is -0.407 e. The third-order valence-electron chi connectivity index (χ3n) is 2.59. The van der Waals surface area contributed by atoms with Crippen molar-refractivity contribution in [2.24, 2.45) is 7.05 Å². The van der Waals surface area contributed by atoms with Crippen molar-refractivity contribution in [3.8, 4) is 22.6 Å². The van der Waals surface area contributed by atoms with E-state index >= 15 is 0 Å². The first-order valence-electron chi connectivity index (χ1n) is 5.02. The van der Waals surface area contributed by atoms with Crippen molar-refractivity contribution in [2.75, 3.05) is 0 Å². The molecule has 0 fully saturated rings. The van der Waals surface area contributed by atoms with Crippen LogP contribution in [0.15, 0.2) is 42.9 Å². The Labute approximate surface area is 106 Å². The van der Waals surface area contributed by atoms with Gasteiger partial charge in [0.25, 0.3) is 0 Å². The Hall–Kier alpha value is -1.59. The van der Waals surface area contributed by atoms with Gasteiger partial charge in [0, 0.05) is 28.9 Å². The van der Waals surface area contributed by atoms with Crippen LogP contribution >= 0.6 is 22.7 Å². The summed E-state index contributed by atoms with van der Waals surface area (Å²) in [6.45, 7) is 0. The lowest BCUT2D eigenvalue weighted by atomic mass is 10.1. The summed E-state index contributed by atoms with van der Waals surface area (Å²) >= 11 is 3.19. The number of oxazole rings is 1. The van der Waals surface area contributed by atoms with E-state index in [-0.39, 0.29) is 5.76 Å². The lowest BCUT2D eigenvalue weighted by Gasteiger charge is -1.99. The molecule has 0 radical (unpaired) electrons. The second-order valence-corrected chi connectivity index (χ2v) is 5.19. The summed E-state index contributed by atoms with van der Waals surface area (Å²) in [5.41, 5.74) is 2.81. The van der Waals surface area contributed by atoms with Gasteiger partial charge >= 0.3 is 5.76 Å². The minimum absolute atomic E-state index is 0.326. The van der Waals surface area contributed by atoms with Gasteiger partial charge in [0.1, 0.15) is 0 Å². The van der Waals surface area contributed by atoms with Crippen LogP contribution in [0, 0.1) is 0 Å². The molecule has 0 amide bonds. The summed E-state index contributed by atoms with van der Waals surface area (Å²) in [4.78, 5) is 11.7. The maximum absolute atomic E-state index is 11.7. The quantitative estimate of drug-likeness (QED) is 0.710. The fourth-order valence-corrected chi connectivity index (χ4v) is 3.04. The van der Waals surface area contributed by atoms with Crippen LogP contribution in [0.4, 0.5) is 0 Å². The van der Waals surface area contributed by atoms with Crippen molar-refractivity contribution in [3.63, 3.8) is 0 Å². The number of thiophene rings is 2. The minimum atomic E-state index is -0.326. The van der Waals surface area contributed by atoms with E-state index in [0.29, 0.717) is 5.76 Å². The average molecular weight is 263 g/mol. The van der Waals surface area contributed by atoms with Gasteiger partial charge in [-0.1, -0.05) is 0 Å². The Bertz CT molecular complexity index is 675. The van der Waals surface area contributed by atoms with E-state index in [4.69, 9.17) is 4.42 Å². The van der Waals surface area contributed by atoms with E-state index in [0.717, 1.165) is 16.8 Å². The maximum atomic E-state index is 11.7. The van der Waals surface area contributed by atoms with Gasteiger partial charge in [-0.25, -0.2) is 4.79 Å². The summed E-state index contributed by atoms with van der Waals surface area (Å²) in [6.07, 6.45) is 0. The first kappa shape index (κ1) is 10.6. The number of rotatable bonds is 2. The molecule has 3 aromatic heterocycles. The van der Waals surface area contributed by atoms with Crippen LogP contribution in [0.3, 0.4) is 0 Å². The molecule has 0 atom stereocenters. The van der Waals surface area contributed by atoms with E-state index in [1.165, 1.54) is 0 Å². The molecule has 17 heavy (non-hydrogen) atoms. The second kappa shape index (κ2) is 4.01. The van der Waals surface area contributed by atoms with Crippen molar-refractivity contribution >= 4 is 22.7 Å². The Kier molecular flexibility index (Phi) is 2.49. The largest absolute Gasteiger partial charge is 0.419 e. The first-order valence-corrected chi connectivity index (χ1v) is 6.91. The standard InChI is InChI=1S/C12H9NO2S2/c1-13-10(8-2-4-16-6-8)11(15-12(13)14)9-3-5-17-7-9/h2-7H,1H3. The summed E-state index contributed by atoms with van der Waals surface area (Å²) < 4.78 is 6.88. The summed E-state index contributed by atoms with van der Waals surface area (Å²) in [6, 6.07) is 3.95. The fourth-order valence-electron chi connectivity index (χ4n) is 1.76. The zero-order valence-electron chi connectivity index (χ0n) is 9.04. The zero-order chi connectivity index (χ0) is 11.8. The molecule has 0 aliphatic carbocycles. The molecule has 0 saturated heterocycles. The van der Waals surface area contributed by atoms with Gasteiger partial charge in [-0.15, -0.1) is 0 Å². The zero-order valence-corrected chi connectivity index (χ0v) is 10.7. The number of hydrogen-bond donors (Lipinski definition) is 0. The van der Waals surface area contributed by atoms with Crippen molar-refractivity contribution in [1.82, 2.24) is 4.57 Å². The van der Waals surface area contributed by atoms with E-state index in [1.807, 2.05) is 33.7 Å². The molecule has 0 N–H and O–H groups in total. The summed E-state index contributed by atoms with van der Waals surface area (Å²) in [5.74, 6) is 0.324. The van der Waals surface area contributed by atoms with E-state index in [2.05, 4.69) is 0 Å². The van der Waals surface area contributed by atoms with Crippen LogP contribution < -0.4 is 5.76 Å². The Morgan fingerprint density at radius 1 is 1.12 bits per heavy atom. The molecular formula is C12H9NO2S2. The number of hydrogen-bond acceptors (Lipinski definition) is 4. The Balaban J connectivity index is 2.30. The van der Waals surface area contributed by atoms with Gasteiger partial charge in [-0.2, -0.15) is 22.7 Å². The highest BCUT2D eigenvalue weighted by Crippen LogP contribution is 2.33. The predicted octanol–water partition coefficient (Wildman–Crippen LogP) is 3.44. The van der Waals surface area contributed by atoms with Crippen LogP contribution in [-0.2, 0) is 7.05 Å². The van der Waals surface area contributed by atoms with Gasteiger partial charge in [0.2, 0.25) is 0 Å². The summed E-state index contributed by atoms with van der Waals surface area (Å²) in [7, 11) is 1.73. The summed E-state index contributed by atoms with van der Waals surface area (Å²) in [5, 5.41) is 7.96. The normalized spacial score (nSPS) is 10.9. The molecular weight excluding hydrogens is 254 g/mol. The molecule has 0 bridgehead atoms. The van der Waals surface area contributed by atoms with Gasteiger partial charge in [0.05, 0.1) is 5.69 Å². The molecule has 0 saturated carbocycles. The highest BCUT2D eigenvalue weighted by atomic mass is 32.1. The molecule has 0 aliphatic heterocycles. The van der Waals surface area contributed by atoms with Crippen LogP contribution in [0.5, 0.6) is 0 Å². The highest BCUT2D eigenvalue weighted by Gasteiger charge is 2.18. The molecule has 3 rings (SSSR count). The maximum Gasteiger partial charge on any atom is 0.419 e. The van der Waals surface area contributed by atoms with Crippen LogP contribution in [-0.4, -0.2) is 4.57 Å². The molecule has 3 heterocycles. The highest BCUT2D eigenvalue weighted by molar-refractivity contribution is 7.08. The van der Waals surface area contributed by atoms with Crippen LogP contribution in [0.1, 0.15) is 0 Å². The monoisotopic (exact) mass is 263 g/mol. The molecule has 5 heteroatoms. The molecule has 86 valence electrons. The van der Waals surface area contributed by atoms with E-state index in [1.54, 1.807) is 34.3 Å². The topological polar surface area (TPSA) is 35.1 Å². The van der Waals surface area contributed by atoms with Gasteiger partial charge in [-0.3, -0.25) is 4.57 Å². The van der Waals surface area contributed by atoms with Crippen molar-refractivity contribution < 1.29 is 4.42 Å².